The van der Waals surface area contributed by atoms with E-state index in [1.54, 1.807) is 13.0 Å². The minimum absolute atomic E-state index is 0.401. The van der Waals surface area contributed by atoms with E-state index in [9.17, 15) is 13.2 Å². The minimum Gasteiger partial charge on any atom is -0.496 e. The highest BCUT2D eigenvalue weighted by molar-refractivity contribution is 5.38. The third-order valence-corrected chi connectivity index (χ3v) is 2.35. The van der Waals surface area contributed by atoms with Crippen LogP contribution < -0.4 is 10.2 Å². The number of hydroxylamine groups is 1. The predicted octanol–water partition coefficient (Wildman–Crippen LogP) is 3.15. The number of hydrogen-bond donors (Lipinski definition) is 1. The Labute approximate surface area is 104 Å². The van der Waals surface area contributed by atoms with Gasteiger partial charge in [-0.1, -0.05) is 17.7 Å². The zero-order valence-corrected chi connectivity index (χ0v) is 10.5. The summed E-state index contributed by atoms with van der Waals surface area (Å²) in [4.78, 5) is 4.42. The summed E-state index contributed by atoms with van der Waals surface area (Å²) in [7, 11) is 1.51. The Balaban J connectivity index is 2.66. The van der Waals surface area contributed by atoms with E-state index in [0.717, 1.165) is 11.1 Å². The number of alkyl halides is 3. The maximum atomic E-state index is 11.9. The molecule has 102 valence electrons. The van der Waals surface area contributed by atoms with Gasteiger partial charge in [0.25, 0.3) is 0 Å². The Hall–Kier alpha value is -1.27. The average Bonchev–Trinajstić information content (AvgIpc) is 2.27. The molecule has 6 heteroatoms. The molecule has 0 aromatic heterocycles. The molecule has 0 amide bonds. The second kappa shape index (κ2) is 6.06. The van der Waals surface area contributed by atoms with Crippen LogP contribution in [0, 0.1) is 6.92 Å². The molecule has 1 rings (SSSR count). The van der Waals surface area contributed by atoms with Gasteiger partial charge in [-0.05, 0) is 19.9 Å². The normalized spacial score (nSPS) is 13.4. The third kappa shape index (κ3) is 4.54. The summed E-state index contributed by atoms with van der Waals surface area (Å²) in [6, 6.07) is 5.08. The lowest BCUT2D eigenvalue weighted by Crippen LogP contribution is -2.27. The van der Waals surface area contributed by atoms with E-state index in [4.69, 9.17) is 4.74 Å². The Kier molecular flexibility index (Phi) is 4.98. The topological polar surface area (TPSA) is 30.5 Å². The van der Waals surface area contributed by atoms with E-state index < -0.39 is 18.8 Å². The predicted molar refractivity (Wildman–Crippen MR) is 61.3 cm³/mol. The van der Waals surface area contributed by atoms with Crippen molar-refractivity contribution in [1.82, 2.24) is 5.48 Å². The van der Waals surface area contributed by atoms with E-state index in [-0.39, 0.29) is 0 Å². The second-order valence-electron chi connectivity index (χ2n) is 3.99. The molecule has 18 heavy (non-hydrogen) atoms. The molecule has 0 bridgehead atoms. The average molecular weight is 263 g/mol. The van der Waals surface area contributed by atoms with E-state index in [2.05, 4.69) is 10.3 Å². The molecule has 0 fully saturated rings. The minimum atomic E-state index is -4.34. The number of halogens is 3. The van der Waals surface area contributed by atoms with Crippen molar-refractivity contribution in [2.24, 2.45) is 0 Å². The highest BCUT2D eigenvalue weighted by Crippen LogP contribution is 2.26. The number of nitrogens with one attached hydrogen (secondary N) is 1. The summed E-state index contributed by atoms with van der Waals surface area (Å²) in [5.41, 5.74) is 4.10. The zero-order chi connectivity index (χ0) is 13.8. The number of rotatable bonds is 5. The first-order chi connectivity index (χ1) is 8.33. The molecule has 0 aliphatic heterocycles. The Morgan fingerprint density at radius 3 is 2.56 bits per heavy atom. The van der Waals surface area contributed by atoms with Crippen LogP contribution in [0.1, 0.15) is 24.1 Å². The van der Waals surface area contributed by atoms with Crippen LogP contribution in [0.2, 0.25) is 0 Å². The molecule has 0 radical (unpaired) electrons. The number of aryl methyl sites for hydroxylation is 1. The van der Waals surface area contributed by atoms with Crippen molar-refractivity contribution >= 4 is 0 Å². The Morgan fingerprint density at radius 1 is 1.33 bits per heavy atom. The van der Waals surface area contributed by atoms with Crippen LogP contribution in [-0.2, 0) is 4.84 Å². The first-order valence-electron chi connectivity index (χ1n) is 5.42. The first-order valence-corrected chi connectivity index (χ1v) is 5.42. The maximum Gasteiger partial charge on any atom is 0.413 e. The summed E-state index contributed by atoms with van der Waals surface area (Å²) in [6.07, 6.45) is -4.34. The summed E-state index contributed by atoms with van der Waals surface area (Å²) in [6.45, 7) is 2.27. The molecule has 0 aliphatic carbocycles. The van der Waals surface area contributed by atoms with Gasteiger partial charge < -0.3 is 4.74 Å². The maximum absolute atomic E-state index is 11.9. The van der Waals surface area contributed by atoms with Crippen molar-refractivity contribution in [1.29, 1.82) is 0 Å². The lowest BCUT2D eigenvalue weighted by Gasteiger charge is -2.18. The van der Waals surface area contributed by atoms with E-state index in [0.29, 0.717) is 5.75 Å². The van der Waals surface area contributed by atoms with Crippen molar-refractivity contribution in [3.63, 3.8) is 0 Å². The largest absolute Gasteiger partial charge is 0.496 e. The third-order valence-electron chi connectivity index (χ3n) is 2.35. The quantitative estimate of drug-likeness (QED) is 0.828. The fourth-order valence-corrected chi connectivity index (χ4v) is 1.50. The van der Waals surface area contributed by atoms with Gasteiger partial charge in [0.2, 0.25) is 0 Å². The summed E-state index contributed by atoms with van der Waals surface area (Å²) >= 11 is 0. The first kappa shape index (κ1) is 14.8. The van der Waals surface area contributed by atoms with Gasteiger partial charge in [-0.15, -0.1) is 0 Å². The van der Waals surface area contributed by atoms with Gasteiger partial charge in [0, 0.05) is 5.56 Å². The molecule has 0 spiro atoms. The van der Waals surface area contributed by atoms with Gasteiger partial charge in [-0.3, -0.25) is 4.84 Å². The van der Waals surface area contributed by atoms with Crippen LogP contribution in [-0.4, -0.2) is 19.9 Å². The summed E-state index contributed by atoms with van der Waals surface area (Å²) < 4.78 is 40.9. The molecule has 1 aromatic carbocycles. The standard InChI is InChI=1S/C12H16F3NO2/c1-8-4-5-11(17-3)10(6-8)9(2)16-18-7-12(13,14)15/h4-6,9,16H,7H2,1-3H3. The van der Waals surface area contributed by atoms with Gasteiger partial charge in [0.05, 0.1) is 13.2 Å². The highest BCUT2D eigenvalue weighted by Gasteiger charge is 2.28. The van der Waals surface area contributed by atoms with Gasteiger partial charge in [-0.2, -0.15) is 18.7 Å². The summed E-state index contributed by atoms with van der Waals surface area (Å²) in [5.74, 6) is 0.608. The van der Waals surface area contributed by atoms with Crippen molar-refractivity contribution in [3.8, 4) is 5.75 Å². The van der Waals surface area contributed by atoms with Crippen LogP contribution in [0.3, 0.4) is 0 Å². The molecule has 0 aliphatic rings. The number of ether oxygens (including phenoxy) is 1. The molecule has 3 nitrogen and oxygen atoms in total. The Morgan fingerprint density at radius 2 is 2.00 bits per heavy atom. The van der Waals surface area contributed by atoms with E-state index in [1.165, 1.54) is 7.11 Å². The molecular formula is C12H16F3NO2. The van der Waals surface area contributed by atoms with E-state index in [1.807, 2.05) is 19.1 Å². The smallest absolute Gasteiger partial charge is 0.413 e. The van der Waals surface area contributed by atoms with Crippen LogP contribution in [0.4, 0.5) is 13.2 Å². The lowest BCUT2D eigenvalue weighted by atomic mass is 10.1. The van der Waals surface area contributed by atoms with Crippen LogP contribution >= 0.6 is 0 Å². The van der Waals surface area contributed by atoms with Gasteiger partial charge in [0.1, 0.15) is 5.75 Å². The molecule has 0 saturated heterocycles. The van der Waals surface area contributed by atoms with Gasteiger partial charge in [0.15, 0.2) is 6.61 Å². The second-order valence-corrected chi connectivity index (χ2v) is 3.99. The monoisotopic (exact) mass is 263 g/mol. The van der Waals surface area contributed by atoms with Crippen LogP contribution in [0.5, 0.6) is 5.75 Å². The number of hydrogen-bond acceptors (Lipinski definition) is 3. The van der Waals surface area contributed by atoms with Crippen molar-refractivity contribution in [2.45, 2.75) is 26.1 Å². The molecule has 0 heterocycles. The van der Waals surface area contributed by atoms with Crippen molar-refractivity contribution < 1.29 is 22.7 Å². The van der Waals surface area contributed by atoms with Crippen molar-refractivity contribution in [3.05, 3.63) is 29.3 Å². The van der Waals surface area contributed by atoms with E-state index >= 15 is 0 Å². The highest BCUT2D eigenvalue weighted by atomic mass is 19.4. The molecule has 1 unspecified atom stereocenters. The molecule has 0 saturated carbocycles. The molecular weight excluding hydrogens is 247 g/mol. The Bertz CT molecular complexity index is 393. The van der Waals surface area contributed by atoms with Gasteiger partial charge in [-0.25, -0.2) is 0 Å². The number of methoxy groups -OCH3 is 1. The van der Waals surface area contributed by atoms with Crippen molar-refractivity contribution in [2.75, 3.05) is 13.7 Å². The SMILES string of the molecule is COc1ccc(C)cc1C(C)NOCC(F)(F)F. The number of benzene rings is 1. The fraction of sp³-hybridized carbons (Fsp3) is 0.500. The van der Waals surface area contributed by atoms with Crippen LogP contribution in [0.25, 0.3) is 0 Å². The molecule has 1 atom stereocenters. The van der Waals surface area contributed by atoms with Gasteiger partial charge >= 0.3 is 6.18 Å². The van der Waals surface area contributed by atoms with Crippen LogP contribution in [0.15, 0.2) is 18.2 Å². The lowest BCUT2D eigenvalue weighted by molar-refractivity contribution is -0.192. The molecule has 1 N–H and O–H groups in total. The summed E-state index contributed by atoms with van der Waals surface area (Å²) in [5, 5.41) is 0. The molecule has 1 aromatic rings. The zero-order valence-electron chi connectivity index (χ0n) is 10.5. The fourth-order valence-electron chi connectivity index (χ4n) is 1.50.